The van der Waals surface area contributed by atoms with E-state index in [2.05, 4.69) is 76.0 Å². The van der Waals surface area contributed by atoms with E-state index in [1.54, 1.807) is 13.3 Å². The maximum Gasteiger partial charge on any atom is 0.226 e. The summed E-state index contributed by atoms with van der Waals surface area (Å²) in [4.78, 5) is 12.2. The molecule has 0 saturated heterocycles. The summed E-state index contributed by atoms with van der Waals surface area (Å²) in [5.41, 5.74) is 6.80. The molecule has 0 atom stereocenters. The lowest BCUT2D eigenvalue weighted by Crippen LogP contribution is -2.37. The zero-order valence-corrected chi connectivity index (χ0v) is 17.6. The minimum Gasteiger partial charge on any atom is -0.444 e. The lowest BCUT2D eigenvalue weighted by Gasteiger charge is -2.10. The van der Waals surface area contributed by atoms with E-state index in [-0.39, 0.29) is 0 Å². The van der Waals surface area contributed by atoms with Crippen LogP contribution in [0.4, 0.5) is 0 Å². The number of aromatic amines is 1. The van der Waals surface area contributed by atoms with Gasteiger partial charge in [-0.05, 0) is 43.5 Å². The van der Waals surface area contributed by atoms with Crippen LogP contribution in [-0.4, -0.2) is 29.5 Å². The van der Waals surface area contributed by atoms with E-state index in [1.165, 1.54) is 27.6 Å². The number of aliphatic imine (C=N–C) groups is 1. The number of oxazole rings is 1. The van der Waals surface area contributed by atoms with E-state index < -0.39 is 0 Å². The van der Waals surface area contributed by atoms with E-state index >= 15 is 0 Å². The smallest absolute Gasteiger partial charge is 0.226 e. The Morgan fingerprint density at radius 1 is 1.10 bits per heavy atom. The summed E-state index contributed by atoms with van der Waals surface area (Å²) in [5.74, 6) is 1.37. The fraction of sp³-hybridized carbons (Fsp3) is 0.250. The molecule has 0 aliphatic carbocycles. The van der Waals surface area contributed by atoms with Gasteiger partial charge in [0.15, 0.2) is 5.96 Å². The molecular formula is C24H27N5O. The molecule has 4 aromatic rings. The van der Waals surface area contributed by atoms with E-state index in [0.29, 0.717) is 12.4 Å². The quantitative estimate of drug-likeness (QED) is 0.332. The minimum absolute atomic E-state index is 0.543. The molecule has 0 aliphatic heterocycles. The van der Waals surface area contributed by atoms with E-state index in [9.17, 15) is 0 Å². The molecule has 3 N–H and O–H groups in total. The Morgan fingerprint density at radius 3 is 2.73 bits per heavy atom. The van der Waals surface area contributed by atoms with Gasteiger partial charge in [0.05, 0.1) is 12.2 Å². The highest BCUT2D eigenvalue weighted by atomic mass is 16.3. The predicted octanol–water partition coefficient (Wildman–Crippen LogP) is 4.35. The topological polar surface area (TPSA) is 78.2 Å². The Labute approximate surface area is 176 Å². The number of guanidine groups is 1. The molecule has 0 aliphatic rings. The lowest BCUT2D eigenvalue weighted by molar-refractivity contribution is 0.572. The molecule has 0 saturated carbocycles. The van der Waals surface area contributed by atoms with Gasteiger partial charge >= 0.3 is 0 Å². The number of hydrogen-bond acceptors (Lipinski definition) is 3. The maximum atomic E-state index is 5.62. The Kier molecular flexibility index (Phi) is 5.84. The first-order valence-corrected chi connectivity index (χ1v) is 10.2. The first-order chi connectivity index (χ1) is 14.6. The number of H-pyrrole nitrogens is 1. The van der Waals surface area contributed by atoms with Crippen molar-refractivity contribution in [2.75, 3.05) is 13.6 Å². The molecule has 154 valence electrons. The molecule has 0 radical (unpaired) electrons. The summed E-state index contributed by atoms with van der Waals surface area (Å²) >= 11 is 0. The first-order valence-electron chi connectivity index (χ1n) is 10.2. The highest BCUT2D eigenvalue weighted by Gasteiger charge is 2.08. The average Bonchev–Trinajstić information content (AvgIpc) is 3.39. The molecule has 6 nitrogen and oxygen atoms in total. The van der Waals surface area contributed by atoms with Crippen LogP contribution in [0, 0.1) is 13.8 Å². The number of aryl methyl sites for hydroxylation is 2. The van der Waals surface area contributed by atoms with E-state index in [1.807, 2.05) is 12.1 Å². The predicted molar refractivity (Wildman–Crippen MR) is 122 cm³/mol. The number of aromatic nitrogens is 2. The molecule has 0 unspecified atom stereocenters. The van der Waals surface area contributed by atoms with Gasteiger partial charge in [0.1, 0.15) is 6.26 Å². The molecule has 0 spiro atoms. The Bertz CT molecular complexity index is 1150. The van der Waals surface area contributed by atoms with Gasteiger partial charge in [-0.15, -0.1) is 0 Å². The van der Waals surface area contributed by atoms with Crippen LogP contribution >= 0.6 is 0 Å². The van der Waals surface area contributed by atoms with Crippen LogP contribution in [0.3, 0.4) is 0 Å². The summed E-state index contributed by atoms with van der Waals surface area (Å²) in [7, 11) is 1.77. The molecule has 0 bridgehead atoms. The van der Waals surface area contributed by atoms with Gasteiger partial charge in [-0.3, -0.25) is 4.99 Å². The van der Waals surface area contributed by atoms with E-state index in [0.717, 1.165) is 30.2 Å². The average molecular weight is 402 g/mol. The highest BCUT2D eigenvalue weighted by Crippen LogP contribution is 2.21. The van der Waals surface area contributed by atoms with Crippen LogP contribution in [0.15, 0.2) is 64.3 Å². The third-order valence-corrected chi connectivity index (χ3v) is 5.21. The monoisotopic (exact) mass is 401 g/mol. The molecular weight excluding hydrogens is 374 g/mol. The van der Waals surface area contributed by atoms with Gasteiger partial charge in [-0.2, -0.15) is 0 Å². The largest absolute Gasteiger partial charge is 0.444 e. The fourth-order valence-corrected chi connectivity index (χ4v) is 3.50. The number of para-hydroxylation sites is 1. The third-order valence-electron chi connectivity index (χ3n) is 5.21. The summed E-state index contributed by atoms with van der Waals surface area (Å²) in [6.45, 7) is 5.52. The summed E-state index contributed by atoms with van der Waals surface area (Å²) in [6, 6.07) is 14.5. The molecule has 4 rings (SSSR count). The van der Waals surface area contributed by atoms with Crippen molar-refractivity contribution in [3.05, 3.63) is 77.3 Å². The van der Waals surface area contributed by atoms with Crippen molar-refractivity contribution in [1.29, 1.82) is 0 Å². The molecule has 2 aromatic carbocycles. The standard InChI is InChI=1S/C24H27N5O/c1-16-7-9-18(10-8-16)23-29-20(15-30-23)14-28-24(25-3)26-12-11-19-13-27-22-17(2)5-4-6-21(19)22/h4-10,13,15,27H,11-12,14H2,1-3H3,(H2,25,26,28). The number of nitrogens with zero attached hydrogens (tertiary/aromatic N) is 2. The Hall–Kier alpha value is -3.54. The number of rotatable bonds is 6. The minimum atomic E-state index is 0.543. The highest BCUT2D eigenvalue weighted by molar-refractivity contribution is 5.86. The Balaban J connectivity index is 1.30. The lowest BCUT2D eigenvalue weighted by atomic mass is 10.1. The van der Waals surface area contributed by atoms with Gasteiger partial charge in [-0.1, -0.05) is 35.9 Å². The zero-order valence-electron chi connectivity index (χ0n) is 17.6. The maximum absolute atomic E-state index is 5.62. The van der Waals surface area contributed by atoms with Gasteiger partial charge in [-0.25, -0.2) is 4.98 Å². The molecule has 0 amide bonds. The summed E-state index contributed by atoms with van der Waals surface area (Å²) in [6.07, 6.45) is 4.69. The van der Waals surface area contributed by atoms with Crippen LogP contribution < -0.4 is 10.6 Å². The van der Waals surface area contributed by atoms with Crippen LogP contribution in [0.5, 0.6) is 0 Å². The summed E-state index contributed by atoms with van der Waals surface area (Å²) < 4.78 is 5.62. The molecule has 2 heterocycles. The number of nitrogens with one attached hydrogen (secondary N) is 3. The van der Waals surface area contributed by atoms with Crippen molar-refractivity contribution in [3.63, 3.8) is 0 Å². The second kappa shape index (κ2) is 8.86. The van der Waals surface area contributed by atoms with Crippen molar-refractivity contribution < 1.29 is 4.42 Å². The van der Waals surface area contributed by atoms with Crippen molar-refractivity contribution in [1.82, 2.24) is 20.6 Å². The van der Waals surface area contributed by atoms with Crippen molar-refractivity contribution in [2.24, 2.45) is 4.99 Å². The Morgan fingerprint density at radius 2 is 1.93 bits per heavy atom. The van der Waals surface area contributed by atoms with Gasteiger partial charge in [0.25, 0.3) is 0 Å². The van der Waals surface area contributed by atoms with Crippen LogP contribution in [0.25, 0.3) is 22.4 Å². The number of benzene rings is 2. The third kappa shape index (κ3) is 4.38. The number of fused-ring (bicyclic) bond motifs is 1. The van der Waals surface area contributed by atoms with Gasteiger partial charge in [0.2, 0.25) is 5.89 Å². The zero-order chi connectivity index (χ0) is 20.9. The number of hydrogen-bond donors (Lipinski definition) is 3. The van der Waals surface area contributed by atoms with Gasteiger partial charge in [0, 0.05) is 36.3 Å². The van der Waals surface area contributed by atoms with Crippen LogP contribution in [0.1, 0.15) is 22.4 Å². The second-order valence-electron chi connectivity index (χ2n) is 7.42. The molecule has 30 heavy (non-hydrogen) atoms. The first kappa shape index (κ1) is 19.8. The second-order valence-corrected chi connectivity index (χ2v) is 7.42. The van der Waals surface area contributed by atoms with Crippen LogP contribution in [-0.2, 0) is 13.0 Å². The van der Waals surface area contributed by atoms with Gasteiger partial charge < -0.3 is 20.0 Å². The van der Waals surface area contributed by atoms with Crippen molar-refractivity contribution in [2.45, 2.75) is 26.8 Å². The fourth-order valence-electron chi connectivity index (χ4n) is 3.50. The van der Waals surface area contributed by atoms with E-state index in [4.69, 9.17) is 4.42 Å². The van der Waals surface area contributed by atoms with Crippen LogP contribution in [0.2, 0.25) is 0 Å². The molecule has 6 heteroatoms. The molecule has 0 fully saturated rings. The SMILES string of the molecule is CN=C(NCCc1c[nH]c2c(C)cccc12)NCc1coc(-c2ccc(C)cc2)n1. The molecule has 2 aromatic heterocycles. The van der Waals surface area contributed by atoms with Crippen molar-refractivity contribution >= 4 is 16.9 Å². The normalized spacial score (nSPS) is 11.8. The summed E-state index contributed by atoms with van der Waals surface area (Å²) in [5, 5.41) is 7.95. The van der Waals surface area contributed by atoms with Crippen molar-refractivity contribution in [3.8, 4) is 11.5 Å².